The van der Waals surface area contributed by atoms with Crippen molar-refractivity contribution in [1.82, 2.24) is 15.3 Å². The Bertz CT molecular complexity index is 1400. The number of carbonyl (C=O) groups is 2. The van der Waals surface area contributed by atoms with Crippen molar-refractivity contribution in [2.24, 2.45) is 10.9 Å². The Kier molecular flexibility index (Phi) is 7.07. The van der Waals surface area contributed by atoms with Gasteiger partial charge in [-0.1, -0.05) is 23.7 Å². The van der Waals surface area contributed by atoms with E-state index >= 15 is 0 Å². The molecule has 1 aliphatic carbocycles. The number of nitrogens with zero attached hydrogens (tertiary/aromatic N) is 3. The Morgan fingerprint density at radius 3 is 2.65 bits per heavy atom. The number of hydrogen-bond acceptors (Lipinski definition) is 9. The van der Waals surface area contributed by atoms with E-state index in [1.807, 2.05) is 5.38 Å². The van der Waals surface area contributed by atoms with E-state index in [1.165, 1.54) is 30.6 Å². The first-order valence-corrected chi connectivity index (χ1v) is 12.8. The van der Waals surface area contributed by atoms with Gasteiger partial charge in [-0.25, -0.2) is 23.9 Å². The number of amidine groups is 1. The van der Waals surface area contributed by atoms with Crippen LogP contribution in [0.25, 0.3) is 0 Å². The van der Waals surface area contributed by atoms with Crippen molar-refractivity contribution >= 4 is 40.7 Å². The fourth-order valence-corrected chi connectivity index (χ4v) is 5.65. The summed E-state index contributed by atoms with van der Waals surface area (Å²) in [5.74, 6) is -1.61. The Labute approximate surface area is 220 Å². The number of aromatic carboxylic acids is 1. The SMILES string of the molecule is COC(=O)C1=C([C@H]2CC[C@H](c3nc(C(=O)O)co3)CC2)NC(c2nccs2)=NC1c1cccc(F)c1Cl. The number of allylic oxidation sites excluding steroid dienone is 1. The van der Waals surface area contributed by atoms with Gasteiger partial charge in [0.1, 0.15) is 18.1 Å². The number of nitrogens with one attached hydrogen (secondary N) is 1. The number of thiazole rings is 1. The van der Waals surface area contributed by atoms with Gasteiger partial charge < -0.3 is 19.6 Å². The normalized spacial score (nSPS) is 21.8. The van der Waals surface area contributed by atoms with E-state index in [2.05, 4.69) is 15.3 Å². The standard InChI is InChI=1S/C25H22ClFN4O5S/c1-35-25(34)17-19(12-5-7-13(8-6-12)22-29-16(11-36-22)24(32)33)30-21(23-28-9-10-37-23)31-20(17)14-3-2-4-15(27)18(14)26/h2-4,9-13,20H,5-8H2,1H3,(H,30,31)(H,32,33)/t12-,13-,20?. The molecule has 9 nitrogen and oxygen atoms in total. The number of methoxy groups -OCH3 is 1. The van der Waals surface area contributed by atoms with Crippen molar-refractivity contribution in [2.75, 3.05) is 7.11 Å². The summed E-state index contributed by atoms with van der Waals surface area (Å²) in [6.07, 6.45) is 5.45. The quantitative estimate of drug-likeness (QED) is 0.410. The number of rotatable bonds is 6. The number of oxazole rings is 1. The minimum absolute atomic E-state index is 0.0457. The highest BCUT2D eigenvalue weighted by Gasteiger charge is 2.38. The molecule has 0 radical (unpaired) electrons. The number of esters is 1. The molecule has 2 aromatic heterocycles. The molecular formula is C25H22ClFN4O5S. The van der Waals surface area contributed by atoms with Crippen LogP contribution in [0.1, 0.15) is 64.6 Å². The topological polar surface area (TPSA) is 127 Å². The molecular weight excluding hydrogens is 523 g/mol. The average Bonchev–Trinajstić information content (AvgIpc) is 3.62. The Hall–Kier alpha value is -3.57. The zero-order valence-electron chi connectivity index (χ0n) is 19.6. The molecule has 0 bridgehead atoms. The van der Waals surface area contributed by atoms with Crippen molar-refractivity contribution in [3.05, 3.63) is 80.3 Å². The summed E-state index contributed by atoms with van der Waals surface area (Å²) in [7, 11) is 1.29. The van der Waals surface area contributed by atoms with E-state index in [-0.39, 0.29) is 28.1 Å². The molecule has 37 heavy (non-hydrogen) atoms. The summed E-state index contributed by atoms with van der Waals surface area (Å²) in [5.41, 5.74) is 1.13. The Morgan fingerprint density at radius 2 is 2.00 bits per heavy atom. The molecule has 12 heteroatoms. The lowest BCUT2D eigenvalue weighted by molar-refractivity contribution is -0.136. The van der Waals surface area contributed by atoms with E-state index in [0.717, 1.165) is 6.26 Å². The third kappa shape index (κ3) is 4.88. The van der Waals surface area contributed by atoms with E-state index < -0.39 is 23.8 Å². The first-order chi connectivity index (χ1) is 17.9. The molecule has 1 fully saturated rings. The van der Waals surface area contributed by atoms with E-state index in [4.69, 9.17) is 30.9 Å². The summed E-state index contributed by atoms with van der Waals surface area (Å²) in [4.78, 5) is 37.5. The van der Waals surface area contributed by atoms with Crippen molar-refractivity contribution < 1.29 is 28.2 Å². The highest BCUT2D eigenvalue weighted by atomic mass is 35.5. The van der Waals surface area contributed by atoms with Gasteiger partial charge >= 0.3 is 11.9 Å². The Morgan fingerprint density at radius 1 is 1.24 bits per heavy atom. The first-order valence-electron chi connectivity index (χ1n) is 11.6. The van der Waals surface area contributed by atoms with Crippen molar-refractivity contribution in [3.8, 4) is 0 Å². The molecule has 1 aromatic carbocycles. The van der Waals surface area contributed by atoms with E-state index in [1.54, 1.807) is 12.3 Å². The highest BCUT2D eigenvalue weighted by molar-refractivity contribution is 7.11. The molecule has 3 heterocycles. The van der Waals surface area contributed by atoms with Gasteiger partial charge in [-0.15, -0.1) is 11.3 Å². The van der Waals surface area contributed by atoms with Crippen LogP contribution in [0.5, 0.6) is 0 Å². The number of hydrogen-bond donors (Lipinski definition) is 2. The number of carboxylic acid groups (broad SMARTS) is 1. The van der Waals surface area contributed by atoms with Crippen LogP contribution in [0.3, 0.4) is 0 Å². The maximum absolute atomic E-state index is 14.4. The molecule has 3 aromatic rings. The largest absolute Gasteiger partial charge is 0.476 e. The number of carboxylic acids is 1. The zero-order chi connectivity index (χ0) is 26.1. The lowest BCUT2D eigenvalue weighted by atomic mass is 9.78. The fraction of sp³-hybridized carbons (Fsp3) is 0.320. The van der Waals surface area contributed by atoms with Crippen LogP contribution in [0.4, 0.5) is 4.39 Å². The summed E-state index contributed by atoms with van der Waals surface area (Å²) in [6.45, 7) is 0. The lowest BCUT2D eigenvalue weighted by Crippen LogP contribution is -2.37. The number of aromatic nitrogens is 2. The lowest BCUT2D eigenvalue weighted by Gasteiger charge is -2.34. The van der Waals surface area contributed by atoms with Gasteiger partial charge in [-0.3, -0.25) is 4.99 Å². The Balaban J connectivity index is 1.52. The fourth-order valence-electron chi connectivity index (χ4n) is 4.83. The monoisotopic (exact) mass is 544 g/mol. The van der Waals surface area contributed by atoms with Gasteiger partial charge in [0.05, 0.1) is 17.7 Å². The van der Waals surface area contributed by atoms with Crippen LogP contribution >= 0.6 is 22.9 Å². The minimum atomic E-state index is -1.14. The summed E-state index contributed by atoms with van der Waals surface area (Å²) < 4.78 is 25.0. The zero-order valence-corrected chi connectivity index (χ0v) is 21.2. The molecule has 0 amide bonds. The smallest absolute Gasteiger partial charge is 0.357 e. The van der Waals surface area contributed by atoms with Crippen LogP contribution in [-0.4, -0.2) is 40.0 Å². The number of halogens is 2. The van der Waals surface area contributed by atoms with Crippen molar-refractivity contribution in [2.45, 2.75) is 37.6 Å². The summed E-state index contributed by atoms with van der Waals surface area (Å²) >= 11 is 7.73. The third-order valence-corrected chi connectivity index (χ3v) is 7.80. The first kappa shape index (κ1) is 25.1. The van der Waals surface area contributed by atoms with E-state index in [9.17, 15) is 14.0 Å². The molecule has 2 N–H and O–H groups in total. The van der Waals surface area contributed by atoms with Gasteiger partial charge in [0.15, 0.2) is 22.4 Å². The molecule has 1 saturated carbocycles. The predicted molar refractivity (Wildman–Crippen MR) is 133 cm³/mol. The molecule has 1 atom stereocenters. The molecule has 0 spiro atoms. The van der Waals surface area contributed by atoms with Gasteiger partial charge in [-0.05, 0) is 37.7 Å². The second kappa shape index (κ2) is 10.4. The van der Waals surface area contributed by atoms with Crippen LogP contribution < -0.4 is 5.32 Å². The van der Waals surface area contributed by atoms with Crippen molar-refractivity contribution in [1.29, 1.82) is 0 Å². The van der Waals surface area contributed by atoms with E-state index in [0.29, 0.717) is 53.7 Å². The van der Waals surface area contributed by atoms with Gasteiger partial charge in [0.2, 0.25) is 0 Å². The second-order valence-electron chi connectivity index (χ2n) is 8.73. The molecule has 5 rings (SSSR count). The summed E-state index contributed by atoms with van der Waals surface area (Å²) in [5, 5.41) is 14.8. The number of benzene rings is 1. The molecule has 0 saturated heterocycles. The van der Waals surface area contributed by atoms with Gasteiger partial charge in [0, 0.05) is 28.8 Å². The average molecular weight is 545 g/mol. The number of aliphatic imine (C=N–C) groups is 1. The van der Waals surface area contributed by atoms with Crippen molar-refractivity contribution in [3.63, 3.8) is 0 Å². The second-order valence-corrected chi connectivity index (χ2v) is 10.0. The maximum atomic E-state index is 14.4. The number of carbonyl (C=O) groups excluding carboxylic acids is 1. The maximum Gasteiger partial charge on any atom is 0.357 e. The molecule has 192 valence electrons. The molecule has 1 unspecified atom stereocenters. The van der Waals surface area contributed by atoms with Crippen LogP contribution in [0.2, 0.25) is 5.02 Å². The summed E-state index contributed by atoms with van der Waals surface area (Å²) in [6, 6.07) is 3.53. The van der Waals surface area contributed by atoms with Crippen LogP contribution in [0, 0.1) is 11.7 Å². The van der Waals surface area contributed by atoms with Crippen LogP contribution in [-0.2, 0) is 9.53 Å². The third-order valence-electron chi connectivity index (χ3n) is 6.62. The number of ether oxygens (including phenoxy) is 1. The molecule has 1 aliphatic heterocycles. The van der Waals surface area contributed by atoms with Gasteiger partial charge in [0.25, 0.3) is 0 Å². The highest BCUT2D eigenvalue weighted by Crippen LogP contribution is 2.43. The van der Waals surface area contributed by atoms with Gasteiger partial charge in [-0.2, -0.15) is 0 Å². The van der Waals surface area contributed by atoms with Crippen LogP contribution in [0.15, 0.2) is 56.7 Å². The molecule has 2 aliphatic rings. The minimum Gasteiger partial charge on any atom is -0.476 e. The predicted octanol–water partition coefficient (Wildman–Crippen LogP) is 5.11.